The molecule has 0 aliphatic heterocycles. The minimum absolute atomic E-state index is 0.0285. The van der Waals surface area contributed by atoms with Crippen LogP contribution in [0.1, 0.15) is 52.5 Å². The lowest BCUT2D eigenvalue weighted by Gasteiger charge is -2.17. The summed E-state index contributed by atoms with van der Waals surface area (Å²) in [5.74, 6) is -1.24. The van der Waals surface area contributed by atoms with Gasteiger partial charge in [0, 0.05) is 6.42 Å². The van der Waals surface area contributed by atoms with Gasteiger partial charge in [-0.05, 0) is 51.3 Å². The third-order valence-corrected chi connectivity index (χ3v) is 4.21. The van der Waals surface area contributed by atoms with Gasteiger partial charge < -0.3 is 34.2 Å². The van der Waals surface area contributed by atoms with Gasteiger partial charge in [0.25, 0.3) is 0 Å². The lowest BCUT2D eigenvalue weighted by atomic mass is 10.1. The first-order valence-corrected chi connectivity index (χ1v) is 11.1. The molecular weight excluding hydrogens is 450 g/mol. The Bertz CT molecular complexity index is 826. The number of unbranched alkanes of at least 4 members (excludes halogenated alkanes) is 1. The van der Waals surface area contributed by atoms with E-state index in [-0.39, 0.29) is 43.7 Å². The average Bonchev–Trinajstić information content (AvgIpc) is 2.78. The molecule has 190 valence electrons. The normalized spacial score (nSPS) is 12.1. The third kappa shape index (κ3) is 11.0. The zero-order chi connectivity index (χ0) is 25.5. The van der Waals surface area contributed by atoms with Gasteiger partial charge in [-0.2, -0.15) is 0 Å². The molecular formula is C23H33NO10. The summed E-state index contributed by atoms with van der Waals surface area (Å²) in [6, 6.07) is 3.25. The Kier molecular flexibility index (Phi) is 13.1. The molecule has 2 N–H and O–H groups in total. The smallest absolute Gasteiger partial charge is 0.462 e. The number of ether oxygens (including phenoxy) is 6. The Hall–Kier alpha value is -3.34. The summed E-state index contributed by atoms with van der Waals surface area (Å²) < 4.78 is 29.9. The van der Waals surface area contributed by atoms with Crippen molar-refractivity contribution in [1.29, 1.82) is 0 Å². The van der Waals surface area contributed by atoms with Gasteiger partial charge in [0.2, 0.25) is 0 Å². The molecule has 1 aromatic rings. The van der Waals surface area contributed by atoms with Gasteiger partial charge in [0.1, 0.15) is 18.8 Å². The van der Waals surface area contributed by atoms with Crippen LogP contribution < -0.4 is 15.2 Å². The maximum Gasteiger partial charge on any atom is 0.513 e. The van der Waals surface area contributed by atoms with Gasteiger partial charge in [0.15, 0.2) is 11.5 Å². The van der Waals surface area contributed by atoms with E-state index in [2.05, 4.69) is 0 Å². The second-order valence-electron chi connectivity index (χ2n) is 7.20. The van der Waals surface area contributed by atoms with Crippen LogP contribution in [0.4, 0.5) is 9.59 Å². The Morgan fingerprint density at radius 3 is 2.12 bits per heavy atom. The SMILES string of the molecule is CCCCC(=O)OC[C@H](C)OC(=O)[C@@H](N)Cc1ccc(OC(=O)OCC)c(OC(=O)OCC)c1. The summed E-state index contributed by atoms with van der Waals surface area (Å²) >= 11 is 0. The number of rotatable bonds is 13. The maximum atomic E-state index is 12.3. The van der Waals surface area contributed by atoms with E-state index < -0.39 is 30.4 Å². The van der Waals surface area contributed by atoms with Gasteiger partial charge in [-0.3, -0.25) is 9.59 Å². The highest BCUT2D eigenvalue weighted by Gasteiger charge is 2.22. The number of carbonyl (C=O) groups excluding carboxylic acids is 4. The first kappa shape index (κ1) is 28.7. The van der Waals surface area contributed by atoms with Crippen molar-refractivity contribution in [2.45, 2.75) is 65.5 Å². The van der Waals surface area contributed by atoms with Crippen molar-refractivity contribution in [3.8, 4) is 11.5 Å². The van der Waals surface area contributed by atoms with Crippen molar-refractivity contribution in [1.82, 2.24) is 0 Å². The first-order chi connectivity index (χ1) is 16.2. The molecule has 0 bridgehead atoms. The molecule has 2 atom stereocenters. The predicted octanol–water partition coefficient (Wildman–Crippen LogP) is 3.29. The molecule has 0 heterocycles. The molecule has 1 rings (SSSR count). The van der Waals surface area contributed by atoms with E-state index in [1.54, 1.807) is 26.8 Å². The van der Waals surface area contributed by atoms with Gasteiger partial charge in [-0.25, -0.2) is 9.59 Å². The zero-order valence-corrected chi connectivity index (χ0v) is 20.0. The zero-order valence-electron chi connectivity index (χ0n) is 20.0. The number of hydrogen-bond acceptors (Lipinski definition) is 11. The maximum absolute atomic E-state index is 12.3. The highest BCUT2D eigenvalue weighted by molar-refractivity contribution is 5.76. The monoisotopic (exact) mass is 483 g/mol. The molecule has 0 amide bonds. The third-order valence-electron chi connectivity index (χ3n) is 4.21. The van der Waals surface area contributed by atoms with E-state index in [1.165, 1.54) is 12.1 Å². The van der Waals surface area contributed by atoms with E-state index >= 15 is 0 Å². The van der Waals surface area contributed by atoms with E-state index in [0.29, 0.717) is 12.0 Å². The fraction of sp³-hybridized carbons (Fsp3) is 0.565. The Balaban J connectivity index is 2.77. The first-order valence-electron chi connectivity index (χ1n) is 11.1. The Labute approximate surface area is 198 Å². The molecule has 0 aromatic heterocycles. The summed E-state index contributed by atoms with van der Waals surface area (Å²) in [6.45, 7) is 6.87. The number of hydrogen-bond donors (Lipinski definition) is 1. The second-order valence-corrected chi connectivity index (χ2v) is 7.20. The molecule has 0 aliphatic carbocycles. The molecule has 1 aromatic carbocycles. The van der Waals surface area contributed by atoms with Crippen LogP contribution in [0.15, 0.2) is 18.2 Å². The summed E-state index contributed by atoms with van der Waals surface area (Å²) in [6.07, 6.45) is -0.718. The molecule has 0 unspecified atom stereocenters. The molecule has 0 radical (unpaired) electrons. The van der Waals surface area contributed by atoms with E-state index in [4.69, 9.17) is 34.2 Å². The molecule has 0 saturated heterocycles. The van der Waals surface area contributed by atoms with Crippen LogP contribution in [-0.4, -0.2) is 56.2 Å². The van der Waals surface area contributed by atoms with E-state index in [1.807, 2.05) is 6.92 Å². The molecule has 11 nitrogen and oxygen atoms in total. The molecule has 34 heavy (non-hydrogen) atoms. The van der Waals surface area contributed by atoms with Crippen LogP contribution in [0.5, 0.6) is 11.5 Å². The number of esters is 2. The fourth-order valence-electron chi connectivity index (χ4n) is 2.58. The van der Waals surface area contributed by atoms with Crippen molar-refractivity contribution in [3.05, 3.63) is 23.8 Å². The van der Waals surface area contributed by atoms with Crippen LogP contribution in [-0.2, 0) is 35.0 Å². The standard InChI is InChI=1S/C23H33NO10/c1-5-8-9-20(25)31-14-15(4)32-21(26)17(24)12-16-10-11-18(33-22(27)29-6-2)19(13-16)34-23(28)30-7-3/h10-11,13,15,17H,5-9,12,14,24H2,1-4H3/t15-,17-/m0/s1. The molecule has 0 spiro atoms. The fourth-order valence-corrected chi connectivity index (χ4v) is 2.58. The van der Waals surface area contributed by atoms with Crippen LogP contribution in [0.2, 0.25) is 0 Å². The topological polar surface area (TPSA) is 150 Å². The van der Waals surface area contributed by atoms with Crippen LogP contribution in [0, 0.1) is 0 Å². The largest absolute Gasteiger partial charge is 0.513 e. The quantitative estimate of drug-likeness (QED) is 0.250. The molecule has 11 heteroatoms. The highest BCUT2D eigenvalue weighted by Crippen LogP contribution is 2.30. The number of benzene rings is 1. The van der Waals surface area contributed by atoms with Gasteiger partial charge >= 0.3 is 24.2 Å². The van der Waals surface area contributed by atoms with Crippen molar-refractivity contribution in [2.75, 3.05) is 19.8 Å². The van der Waals surface area contributed by atoms with E-state index in [9.17, 15) is 19.2 Å². The lowest BCUT2D eigenvalue weighted by molar-refractivity contribution is -0.159. The predicted molar refractivity (Wildman–Crippen MR) is 119 cm³/mol. The van der Waals surface area contributed by atoms with Crippen molar-refractivity contribution in [3.63, 3.8) is 0 Å². The highest BCUT2D eigenvalue weighted by atomic mass is 16.7. The lowest BCUT2D eigenvalue weighted by Crippen LogP contribution is -2.37. The number of carbonyl (C=O) groups is 4. The summed E-state index contributed by atoms with van der Waals surface area (Å²) in [5.41, 5.74) is 6.46. The second kappa shape index (κ2) is 15.5. The van der Waals surface area contributed by atoms with Crippen molar-refractivity contribution >= 4 is 24.2 Å². The van der Waals surface area contributed by atoms with Crippen molar-refractivity contribution < 1.29 is 47.6 Å². The summed E-state index contributed by atoms with van der Waals surface area (Å²) in [7, 11) is 0. The molecule has 0 aliphatic rings. The summed E-state index contributed by atoms with van der Waals surface area (Å²) in [5, 5.41) is 0. The van der Waals surface area contributed by atoms with Gasteiger partial charge in [-0.1, -0.05) is 19.4 Å². The van der Waals surface area contributed by atoms with Gasteiger partial charge in [-0.15, -0.1) is 0 Å². The average molecular weight is 484 g/mol. The van der Waals surface area contributed by atoms with Gasteiger partial charge in [0.05, 0.1) is 13.2 Å². The van der Waals surface area contributed by atoms with E-state index in [0.717, 1.165) is 12.8 Å². The number of nitrogens with two attached hydrogens (primary N) is 1. The Morgan fingerprint density at radius 2 is 1.53 bits per heavy atom. The van der Waals surface area contributed by atoms with Crippen LogP contribution >= 0.6 is 0 Å². The minimum atomic E-state index is -1.05. The Morgan fingerprint density at radius 1 is 0.912 bits per heavy atom. The van der Waals surface area contributed by atoms with Crippen LogP contribution in [0.3, 0.4) is 0 Å². The minimum Gasteiger partial charge on any atom is -0.462 e. The summed E-state index contributed by atoms with van der Waals surface area (Å²) in [4.78, 5) is 47.3. The van der Waals surface area contributed by atoms with Crippen LogP contribution in [0.25, 0.3) is 0 Å². The molecule has 0 fully saturated rings. The molecule has 0 saturated carbocycles. The van der Waals surface area contributed by atoms with Crippen molar-refractivity contribution in [2.24, 2.45) is 5.73 Å².